The lowest BCUT2D eigenvalue weighted by Gasteiger charge is -2.26. The first-order valence-electron chi connectivity index (χ1n) is 6.74. The average Bonchev–Trinajstić information content (AvgIpc) is 2.82. The van der Waals surface area contributed by atoms with Gasteiger partial charge in [0.25, 0.3) is 0 Å². The van der Waals surface area contributed by atoms with Crippen molar-refractivity contribution in [1.82, 2.24) is 10.2 Å². The molecule has 3 nitrogen and oxygen atoms in total. The Kier molecular flexibility index (Phi) is 4.37. The van der Waals surface area contributed by atoms with Gasteiger partial charge in [0, 0.05) is 12.6 Å². The first-order valence-corrected chi connectivity index (χ1v) is 6.74. The Balaban J connectivity index is 2.02. The molecule has 1 heterocycles. The zero-order valence-corrected chi connectivity index (χ0v) is 11.2. The van der Waals surface area contributed by atoms with E-state index >= 15 is 0 Å². The fraction of sp³-hybridized carbons (Fsp3) is 0.533. The van der Waals surface area contributed by atoms with E-state index in [0.717, 1.165) is 25.8 Å². The van der Waals surface area contributed by atoms with Crippen molar-refractivity contribution in [2.75, 3.05) is 13.6 Å². The highest BCUT2D eigenvalue weighted by Crippen LogP contribution is 2.18. The monoisotopic (exact) mass is 246 g/mol. The summed E-state index contributed by atoms with van der Waals surface area (Å²) < 4.78 is 0. The summed E-state index contributed by atoms with van der Waals surface area (Å²) in [4.78, 5) is 14.5. The molecule has 1 aliphatic rings. The molecule has 0 aliphatic carbocycles. The van der Waals surface area contributed by atoms with Crippen LogP contribution in [0.15, 0.2) is 30.3 Å². The topological polar surface area (TPSA) is 32.3 Å². The van der Waals surface area contributed by atoms with E-state index in [4.69, 9.17) is 0 Å². The van der Waals surface area contributed by atoms with E-state index in [-0.39, 0.29) is 11.9 Å². The van der Waals surface area contributed by atoms with Crippen molar-refractivity contribution >= 4 is 5.91 Å². The summed E-state index contributed by atoms with van der Waals surface area (Å²) in [5.41, 5.74) is 1.21. The lowest BCUT2D eigenvalue weighted by Crippen LogP contribution is -2.47. The second kappa shape index (κ2) is 6.01. The summed E-state index contributed by atoms with van der Waals surface area (Å²) in [7, 11) is 1.87. The summed E-state index contributed by atoms with van der Waals surface area (Å²) >= 11 is 0. The van der Waals surface area contributed by atoms with Crippen molar-refractivity contribution in [1.29, 1.82) is 0 Å². The third-order valence-corrected chi connectivity index (χ3v) is 3.77. The van der Waals surface area contributed by atoms with Crippen LogP contribution in [-0.4, -0.2) is 36.5 Å². The number of likely N-dealkylation sites (tertiary alicyclic amines) is 1. The Labute approximate surface area is 109 Å². The van der Waals surface area contributed by atoms with E-state index in [1.165, 1.54) is 5.56 Å². The quantitative estimate of drug-likeness (QED) is 0.879. The zero-order chi connectivity index (χ0) is 13.0. The average molecular weight is 246 g/mol. The maximum absolute atomic E-state index is 12.5. The van der Waals surface area contributed by atoms with E-state index in [1.807, 2.05) is 30.1 Å². The second-order valence-electron chi connectivity index (χ2n) is 5.05. The summed E-state index contributed by atoms with van der Waals surface area (Å²) in [6.07, 6.45) is 3.03. The highest BCUT2D eigenvalue weighted by molar-refractivity contribution is 5.82. The first-order chi connectivity index (χ1) is 8.72. The number of benzene rings is 1. The number of carbonyl (C=O) groups is 1. The second-order valence-corrected chi connectivity index (χ2v) is 5.05. The number of amides is 1. The third-order valence-electron chi connectivity index (χ3n) is 3.77. The van der Waals surface area contributed by atoms with Gasteiger partial charge in [-0.3, -0.25) is 4.79 Å². The molecule has 2 rings (SSSR count). The lowest BCUT2D eigenvalue weighted by molar-refractivity contribution is -0.133. The molecule has 1 aromatic carbocycles. The van der Waals surface area contributed by atoms with Crippen molar-refractivity contribution in [2.45, 2.75) is 38.3 Å². The molecule has 1 fully saturated rings. The van der Waals surface area contributed by atoms with Gasteiger partial charge in [0.15, 0.2) is 0 Å². The molecular weight excluding hydrogens is 224 g/mol. The summed E-state index contributed by atoms with van der Waals surface area (Å²) in [6.45, 7) is 3.05. The van der Waals surface area contributed by atoms with Crippen LogP contribution in [0.1, 0.15) is 25.3 Å². The SMILES string of the molecule is CNC(Cc1ccccc1)C(=O)N1CCCC1C. The van der Waals surface area contributed by atoms with E-state index in [9.17, 15) is 4.79 Å². The molecule has 0 aromatic heterocycles. The maximum atomic E-state index is 12.5. The third kappa shape index (κ3) is 2.91. The Bertz CT molecular complexity index is 391. The number of rotatable bonds is 4. The van der Waals surface area contributed by atoms with E-state index < -0.39 is 0 Å². The first kappa shape index (κ1) is 13.1. The van der Waals surface area contributed by atoms with Crippen molar-refractivity contribution in [3.05, 3.63) is 35.9 Å². The van der Waals surface area contributed by atoms with Crippen LogP contribution in [0, 0.1) is 0 Å². The highest BCUT2D eigenvalue weighted by Gasteiger charge is 2.29. The van der Waals surface area contributed by atoms with E-state index in [1.54, 1.807) is 0 Å². The van der Waals surface area contributed by atoms with Gasteiger partial charge in [-0.1, -0.05) is 30.3 Å². The Morgan fingerprint density at radius 3 is 2.72 bits per heavy atom. The van der Waals surface area contributed by atoms with Crippen molar-refractivity contribution in [3.63, 3.8) is 0 Å². The van der Waals surface area contributed by atoms with Crippen molar-refractivity contribution < 1.29 is 4.79 Å². The van der Waals surface area contributed by atoms with E-state index in [2.05, 4.69) is 24.4 Å². The standard InChI is InChI=1S/C15H22N2O/c1-12-7-6-10-17(12)15(18)14(16-2)11-13-8-4-3-5-9-13/h3-5,8-9,12,14,16H,6-7,10-11H2,1-2H3. The molecule has 0 saturated carbocycles. The molecule has 18 heavy (non-hydrogen) atoms. The van der Waals surface area contributed by atoms with Crippen LogP contribution in [0.4, 0.5) is 0 Å². The van der Waals surface area contributed by atoms with Crippen LogP contribution in [0.2, 0.25) is 0 Å². The molecule has 1 saturated heterocycles. The summed E-state index contributed by atoms with van der Waals surface area (Å²) in [5.74, 6) is 0.242. The number of hydrogen-bond donors (Lipinski definition) is 1. The van der Waals surface area contributed by atoms with Crippen LogP contribution >= 0.6 is 0 Å². The molecular formula is C15H22N2O. The fourth-order valence-corrected chi connectivity index (χ4v) is 2.62. The number of likely N-dealkylation sites (N-methyl/N-ethyl adjacent to an activating group) is 1. The van der Waals surface area contributed by atoms with Gasteiger partial charge in [-0.2, -0.15) is 0 Å². The van der Waals surface area contributed by atoms with E-state index in [0.29, 0.717) is 6.04 Å². The molecule has 0 spiro atoms. The molecule has 1 N–H and O–H groups in total. The van der Waals surface area contributed by atoms with Gasteiger partial charge >= 0.3 is 0 Å². The molecule has 1 amide bonds. The van der Waals surface area contributed by atoms with Gasteiger partial charge in [-0.25, -0.2) is 0 Å². The zero-order valence-electron chi connectivity index (χ0n) is 11.2. The lowest BCUT2D eigenvalue weighted by atomic mass is 10.0. The predicted octanol–water partition coefficient (Wildman–Crippen LogP) is 1.83. The Morgan fingerprint density at radius 1 is 1.44 bits per heavy atom. The number of nitrogens with zero attached hydrogens (tertiary/aromatic N) is 1. The number of carbonyl (C=O) groups excluding carboxylic acids is 1. The minimum atomic E-state index is -0.104. The van der Waals surface area contributed by atoms with Crippen LogP contribution in [0.25, 0.3) is 0 Å². The molecule has 1 aliphatic heterocycles. The van der Waals surface area contributed by atoms with Crippen molar-refractivity contribution in [3.8, 4) is 0 Å². The fourth-order valence-electron chi connectivity index (χ4n) is 2.62. The minimum absolute atomic E-state index is 0.104. The smallest absolute Gasteiger partial charge is 0.240 e. The van der Waals surface area contributed by atoms with Gasteiger partial charge in [0.05, 0.1) is 6.04 Å². The molecule has 0 bridgehead atoms. The predicted molar refractivity (Wildman–Crippen MR) is 73.4 cm³/mol. The Hall–Kier alpha value is -1.35. The van der Waals surface area contributed by atoms with Gasteiger partial charge in [0.1, 0.15) is 0 Å². The minimum Gasteiger partial charge on any atom is -0.339 e. The largest absolute Gasteiger partial charge is 0.339 e. The molecule has 2 unspecified atom stereocenters. The normalized spacial score (nSPS) is 21.0. The highest BCUT2D eigenvalue weighted by atomic mass is 16.2. The van der Waals surface area contributed by atoms with Crippen LogP contribution < -0.4 is 5.32 Å². The van der Waals surface area contributed by atoms with Crippen molar-refractivity contribution in [2.24, 2.45) is 0 Å². The number of nitrogens with one attached hydrogen (secondary N) is 1. The summed E-state index contributed by atoms with van der Waals surface area (Å²) in [5, 5.41) is 3.16. The van der Waals surface area contributed by atoms with Crippen LogP contribution in [0.5, 0.6) is 0 Å². The molecule has 98 valence electrons. The molecule has 1 aromatic rings. The number of hydrogen-bond acceptors (Lipinski definition) is 2. The van der Waals surface area contributed by atoms with Gasteiger partial charge in [-0.15, -0.1) is 0 Å². The van der Waals surface area contributed by atoms with Gasteiger partial charge in [-0.05, 0) is 38.8 Å². The van der Waals surface area contributed by atoms with Crippen LogP contribution in [-0.2, 0) is 11.2 Å². The Morgan fingerprint density at radius 2 is 2.17 bits per heavy atom. The summed E-state index contributed by atoms with van der Waals surface area (Å²) in [6, 6.07) is 10.5. The molecule has 3 heteroatoms. The van der Waals surface area contributed by atoms with Gasteiger partial charge < -0.3 is 10.2 Å². The molecule has 0 radical (unpaired) electrons. The van der Waals surface area contributed by atoms with Gasteiger partial charge in [0.2, 0.25) is 5.91 Å². The molecule has 2 atom stereocenters. The maximum Gasteiger partial charge on any atom is 0.240 e. The van der Waals surface area contributed by atoms with Crippen LogP contribution in [0.3, 0.4) is 0 Å².